The minimum absolute atomic E-state index is 0.0919. The SMILES string of the molecule is C#C[C@@]1(O)CC[C@@H]2[C@@H]3CCC4=C/C(=N\OCC(=O)NCC(=O)N[C@@H](C(=O)O)C(C)C)CC[C@]4(C)[C@@H]3CC[C@@]21C. The molecule has 0 heterocycles. The minimum Gasteiger partial charge on any atom is -0.480 e. The zero-order valence-electron chi connectivity index (χ0n) is 23.6. The molecule has 0 aliphatic heterocycles. The van der Waals surface area contributed by atoms with Crippen molar-refractivity contribution in [1.82, 2.24) is 10.6 Å². The summed E-state index contributed by atoms with van der Waals surface area (Å²) >= 11 is 0. The first-order chi connectivity index (χ1) is 18.3. The van der Waals surface area contributed by atoms with Gasteiger partial charge in [-0.1, -0.05) is 44.3 Å². The van der Waals surface area contributed by atoms with Crippen LogP contribution in [-0.2, 0) is 19.2 Å². The molecule has 0 aromatic rings. The third kappa shape index (κ3) is 5.32. The van der Waals surface area contributed by atoms with E-state index < -0.39 is 29.4 Å². The smallest absolute Gasteiger partial charge is 0.326 e. The molecule has 9 heteroatoms. The summed E-state index contributed by atoms with van der Waals surface area (Å²) in [5.74, 6) is 1.85. The van der Waals surface area contributed by atoms with Gasteiger partial charge in [-0.2, -0.15) is 0 Å². The molecule has 4 rings (SSSR count). The molecular formula is C30H43N3O6. The van der Waals surface area contributed by atoms with E-state index >= 15 is 0 Å². The lowest BCUT2D eigenvalue weighted by Gasteiger charge is -2.58. The molecule has 214 valence electrons. The highest BCUT2D eigenvalue weighted by Crippen LogP contribution is 2.67. The fourth-order valence-corrected chi connectivity index (χ4v) is 8.04. The van der Waals surface area contributed by atoms with Crippen molar-refractivity contribution >= 4 is 23.5 Å². The number of oxime groups is 1. The number of carboxylic acids is 1. The highest BCUT2D eigenvalue weighted by atomic mass is 16.6. The van der Waals surface area contributed by atoms with Crippen molar-refractivity contribution in [2.24, 2.45) is 39.7 Å². The Labute approximate surface area is 231 Å². The molecule has 4 N–H and O–H groups in total. The lowest BCUT2D eigenvalue weighted by atomic mass is 9.46. The number of rotatable bonds is 8. The molecule has 0 saturated heterocycles. The molecule has 7 atom stereocenters. The van der Waals surface area contributed by atoms with Gasteiger partial charge >= 0.3 is 5.97 Å². The van der Waals surface area contributed by atoms with Gasteiger partial charge in [-0.15, -0.1) is 6.42 Å². The molecule has 0 radical (unpaired) electrons. The maximum Gasteiger partial charge on any atom is 0.326 e. The van der Waals surface area contributed by atoms with Gasteiger partial charge < -0.3 is 25.7 Å². The zero-order chi connectivity index (χ0) is 28.6. The van der Waals surface area contributed by atoms with E-state index in [1.807, 2.05) is 0 Å². The topological polar surface area (TPSA) is 137 Å². The second-order valence-corrected chi connectivity index (χ2v) is 12.8. The molecular weight excluding hydrogens is 498 g/mol. The monoisotopic (exact) mass is 541 g/mol. The number of hydrogen-bond acceptors (Lipinski definition) is 6. The van der Waals surface area contributed by atoms with Crippen molar-refractivity contribution in [3.63, 3.8) is 0 Å². The quantitative estimate of drug-likeness (QED) is 0.275. The lowest BCUT2D eigenvalue weighted by Crippen LogP contribution is -2.54. The highest BCUT2D eigenvalue weighted by molar-refractivity contribution is 5.96. The molecule has 4 aliphatic rings. The first-order valence-electron chi connectivity index (χ1n) is 14.2. The fraction of sp³-hybridized carbons (Fsp3) is 0.733. The summed E-state index contributed by atoms with van der Waals surface area (Å²) in [5.41, 5.74) is 1.10. The van der Waals surface area contributed by atoms with Gasteiger partial charge in [-0.3, -0.25) is 9.59 Å². The summed E-state index contributed by atoms with van der Waals surface area (Å²) in [7, 11) is 0. The van der Waals surface area contributed by atoms with E-state index in [9.17, 15) is 24.6 Å². The van der Waals surface area contributed by atoms with E-state index in [1.54, 1.807) is 13.8 Å². The third-order valence-electron chi connectivity index (χ3n) is 10.4. The largest absolute Gasteiger partial charge is 0.480 e. The molecule has 3 saturated carbocycles. The number of carbonyl (C=O) groups excluding carboxylic acids is 2. The van der Waals surface area contributed by atoms with Gasteiger partial charge in [0.05, 0.1) is 12.3 Å². The summed E-state index contributed by atoms with van der Waals surface area (Å²) in [6, 6.07) is -1.01. The van der Waals surface area contributed by atoms with Crippen LogP contribution in [0.5, 0.6) is 0 Å². The Morgan fingerprint density at radius 2 is 1.85 bits per heavy atom. The third-order valence-corrected chi connectivity index (χ3v) is 10.4. The Morgan fingerprint density at radius 3 is 2.51 bits per heavy atom. The van der Waals surface area contributed by atoms with Gasteiger partial charge in [-0.05, 0) is 86.5 Å². The Kier molecular flexibility index (Phi) is 8.18. The van der Waals surface area contributed by atoms with Crippen LogP contribution in [0.25, 0.3) is 0 Å². The standard InChI is InChI=1S/C30H43N3O6/c1-6-30(38)14-11-23-21-8-7-19-15-20(9-12-28(19,4)22(21)10-13-29(23,30)5)33-39-17-25(35)31-16-24(34)32-26(18(2)3)27(36)37/h1,15,18,21-23,26,38H,7-14,16-17H2,2-5H3,(H,31,35)(H,32,34)(H,36,37)/b33-20-/t21-,22-,23-,26-,28+,29+,30-/m1/s1. The summed E-state index contributed by atoms with van der Waals surface area (Å²) < 4.78 is 0. The van der Waals surface area contributed by atoms with Crippen LogP contribution in [0.1, 0.15) is 79.1 Å². The van der Waals surface area contributed by atoms with Crippen LogP contribution in [0.4, 0.5) is 0 Å². The van der Waals surface area contributed by atoms with E-state index in [-0.39, 0.29) is 29.9 Å². The number of allylic oxidation sites excluding steroid dienone is 2. The van der Waals surface area contributed by atoms with Crippen LogP contribution in [0.2, 0.25) is 0 Å². The number of nitrogens with one attached hydrogen (secondary N) is 2. The minimum atomic E-state index is -1.12. The Hall–Kier alpha value is -2.86. The molecule has 0 bridgehead atoms. The maximum atomic E-state index is 12.1. The van der Waals surface area contributed by atoms with Crippen molar-refractivity contribution in [1.29, 1.82) is 0 Å². The number of carbonyl (C=O) groups is 3. The van der Waals surface area contributed by atoms with Gasteiger partial charge in [0, 0.05) is 5.41 Å². The second-order valence-electron chi connectivity index (χ2n) is 12.8. The van der Waals surface area contributed by atoms with Crippen LogP contribution in [0.3, 0.4) is 0 Å². The van der Waals surface area contributed by atoms with E-state index in [2.05, 4.69) is 41.6 Å². The van der Waals surface area contributed by atoms with E-state index in [0.717, 1.165) is 50.7 Å². The average Bonchev–Trinajstić information content (AvgIpc) is 3.16. The van der Waals surface area contributed by atoms with Gasteiger partial charge in [0.25, 0.3) is 5.91 Å². The molecule has 0 aromatic heterocycles. The molecule has 3 fully saturated rings. The summed E-state index contributed by atoms with van der Waals surface area (Å²) in [5, 5.41) is 29.4. The molecule has 0 aromatic carbocycles. The fourth-order valence-electron chi connectivity index (χ4n) is 8.04. The van der Waals surface area contributed by atoms with Crippen molar-refractivity contribution in [3.8, 4) is 12.3 Å². The second kappa shape index (κ2) is 11.0. The number of fused-ring (bicyclic) bond motifs is 5. The number of carboxylic acid groups (broad SMARTS) is 1. The summed E-state index contributed by atoms with van der Waals surface area (Å²) in [6.45, 7) is 7.31. The van der Waals surface area contributed by atoms with Gasteiger partial charge in [0.1, 0.15) is 11.6 Å². The number of aliphatic carboxylic acids is 1. The van der Waals surface area contributed by atoms with Crippen molar-refractivity contribution in [2.75, 3.05) is 13.2 Å². The number of aliphatic hydroxyl groups is 1. The van der Waals surface area contributed by atoms with E-state index in [4.69, 9.17) is 11.3 Å². The Morgan fingerprint density at radius 1 is 1.13 bits per heavy atom. The number of nitrogens with zero attached hydrogens (tertiary/aromatic N) is 1. The molecule has 4 aliphatic carbocycles. The van der Waals surface area contributed by atoms with Gasteiger partial charge in [0.15, 0.2) is 6.61 Å². The predicted octanol–water partition coefficient (Wildman–Crippen LogP) is 3.03. The average molecular weight is 542 g/mol. The predicted molar refractivity (Wildman–Crippen MR) is 146 cm³/mol. The normalized spacial score (nSPS) is 37.0. The molecule has 2 amide bonds. The van der Waals surface area contributed by atoms with Crippen molar-refractivity contribution in [2.45, 2.75) is 90.7 Å². The van der Waals surface area contributed by atoms with Crippen LogP contribution in [0.15, 0.2) is 16.8 Å². The summed E-state index contributed by atoms with van der Waals surface area (Å²) in [6.07, 6.45) is 15.5. The molecule has 9 nitrogen and oxygen atoms in total. The van der Waals surface area contributed by atoms with Gasteiger partial charge in [0.2, 0.25) is 5.91 Å². The number of terminal acetylenes is 1. The zero-order valence-corrected chi connectivity index (χ0v) is 23.6. The van der Waals surface area contributed by atoms with Crippen LogP contribution in [-0.4, -0.2) is 58.5 Å². The lowest BCUT2D eigenvalue weighted by molar-refractivity contribution is -0.143. The first-order valence-corrected chi connectivity index (χ1v) is 14.2. The van der Waals surface area contributed by atoms with Crippen molar-refractivity contribution in [3.05, 3.63) is 11.6 Å². The Bertz CT molecular complexity index is 1110. The van der Waals surface area contributed by atoms with E-state index in [1.165, 1.54) is 5.57 Å². The van der Waals surface area contributed by atoms with Crippen LogP contribution >= 0.6 is 0 Å². The van der Waals surface area contributed by atoms with E-state index in [0.29, 0.717) is 24.2 Å². The van der Waals surface area contributed by atoms with Gasteiger partial charge in [-0.25, -0.2) is 4.79 Å². The molecule has 0 unspecified atom stereocenters. The highest BCUT2D eigenvalue weighted by Gasteiger charge is 2.63. The van der Waals surface area contributed by atoms with Crippen LogP contribution in [0, 0.1) is 46.8 Å². The van der Waals surface area contributed by atoms with Crippen LogP contribution < -0.4 is 10.6 Å². The first kappa shape index (κ1) is 29.1. The molecule has 0 spiro atoms. The number of hydrogen-bond donors (Lipinski definition) is 4. The molecule has 39 heavy (non-hydrogen) atoms. The maximum absolute atomic E-state index is 12.1. The summed E-state index contributed by atoms with van der Waals surface area (Å²) in [4.78, 5) is 40.6. The van der Waals surface area contributed by atoms with Crippen molar-refractivity contribution < 1.29 is 29.4 Å². The number of amides is 2. The Balaban J connectivity index is 1.31.